The molecule has 0 saturated heterocycles. The maximum atomic E-state index is 13.1. The molecule has 0 aliphatic heterocycles. The lowest BCUT2D eigenvalue weighted by atomic mass is 10.1. The predicted molar refractivity (Wildman–Crippen MR) is 95.7 cm³/mol. The van der Waals surface area contributed by atoms with Crippen molar-refractivity contribution in [2.45, 2.75) is 13.1 Å². The van der Waals surface area contributed by atoms with Gasteiger partial charge in [0.05, 0.1) is 11.4 Å². The first-order chi connectivity index (χ1) is 12.8. The van der Waals surface area contributed by atoms with Gasteiger partial charge in [0.25, 0.3) is 0 Å². The molecule has 0 radical (unpaired) electrons. The molecule has 3 nitrogen and oxygen atoms in total. The van der Waals surface area contributed by atoms with Gasteiger partial charge in [0, 0.05) is 5.56 Å². The van der Waals surface area contributed by atoms with Gasteiger partial charge in [-0.15, -0.1) is 12.8 Å². The van der Waals surface area contributed by atoms with Crippen molar-refractivity contribution < 1.29 is 22.4 Å². The number of nitrogens with zero attached hydrogens (tertiary/aromatic N) is 2. The zero-order chi connectivity index (χ0) is 20.6. The third-order valence-electron chi connectivity index (χ3n) is 3.42. The molecule has 0 atom stereocenters. The Morgan fingerprint density at radius 1 is 0.963 bits per heavy atom. The van der Waals surface area contributed by atoms with E-state index in [4.69, 9.17) is 4.79 Å². The number of terminal acetylenes is 1. The van der Waals surface area contributed by atoms with E-state index in [9.17, 15) is 17.6 Å². The highest BCUT2D eigenvalue weighted by atomic mass is 19.4. The summed E-state index contributed by atoms with van der Waals surface area (Å²) in [7, 11) is 0. The van der Waals surface area contributed by atoms with Gasteiger partial charge in [0.2, 0.25) is 0 Å². The van der Waals surface area contributed by atoms with Crippen LogP contribution in [-0.2, 0) is 11.0 Å². The Bertz CT molecular complexity index is 816. The van der Waals surface area contributed by atoms with Crippen LogP contribution in [0.4, 0.5) is 17.6 Å². The zero-order valence-corrected chi connectivity index (χ0v) is 14.4. The number of aromatic nitrogens is 2. The van der Waals surface area contributed by atoms with Crippen molar-refractivity contribution in [1.82, 2.24) is 9.78 Å². The van der Waals surface area contributed by atoms with E-state index in [1.807, 2.05) is 13.7 Å². The molecule has 0 saturated carbocycles. The van der Waals surface area contributed by atoms with Crippen molar-refractivity contribution in [3.63, 3.8) is 0 Å². The Kier molecular flexibility index (Phi) is 7.49. The Morgan fingerprint density at radius 3 is 1.96 bits per heavy atom. The molecule has 0 spiro atoms. The van der Waals surface area contributed by atoms with Crippen LogP contribution in [0.25, 0.3) is 16.9 Å². The fourth-order valence-corrected chi connectivity index (χ4v) is 2.23. The number of carbonyl (C=O) groups excluding carboxylic acids is 1. The monoisotopic (exact) mass is 376 g/mol. The lowest BCUT2D eigenvalue weighted by molar-refractivity contribution is -0.141. The summed E-state index contributed by atoms with van der Waals surface area (Å²) in [5.41, 5.74) is 1.21. The van der Waals surface area contributed by atoms with E-state index in [0.717, 1.165) is 11.6 Å². The van der Waals surface area contributed by atoms with Gasteiger partial charge in [-0.2, -0.15) is 18.3 Å². The molecule has 27 heavy (non-hydrogen) atoms. The van der Waals surface area contributed by atoms with Gasteiger partial charge in [-0.3, -0.25) is 0 Å². The second kappa shape index (κ2) is 9.34. The van der Waals surface area contributed by atoms with Gasteiger partial charge in [0.15, 0.2) is 5.69 Å². The molecule has 140 valence electrons. The lowest BCUT2D eigenvalue weighted by Crippen LogP contribution is -2.07. The fourth-order valence-electron chi connectivity index (χ4n) is 2.23. The van der Waals surface area contributed by atoms with E-state index < -0.39 is 17.7 Å². The topological polar surface area (TPSA) is 34.9 Å². The molecule has 0 unspecified atom stereocenters. The number of halogens is 4. The van der Waals surface area contributed by atoms with Gasteiger partial charge >= 0.3 is 6.18 Å². The van der Waals surface area contributed by atoms with Gasteiger partial charge in [-0.05, 0) is 49.4 Å². The maximum Gasteiger partial charge on any atom is 0.435 e. The van der Waals surface area contributed by atoms with Crippen molar-refractivity contribution in [3.8, 4) is 29.8 Å². The number of hydrogen-bond donors (Lipinski definition) is 0. The average Bonchev–Trinajstić information content (AvgIpc) is 3.12. The van der Waals surface area contributed by atoms with Crippen LogP contribution in [-0.4, -0.2) is 16.6 Å². The van der Waals surface area contributed by atoms with Crippen LogP contribution in [0.1, 0.15) is 11.3 Å². The maximum absolute atomic E-state index is 13.1. The summed E-state index contributed by atoms with van der Waals surface area (Å²) in [4.78, 5) is 8.00. The Hall–Kier alpha value is -3.40. The van der Waals surface area contributed by atoms with Gasteiger partial charge < -0.3 is 4.79 Å². The first-order valence-corrected chi connectivity index (χ1v) is 7.47. The molecule has 3 rings (SSSR count). The SMILES string of the molecule is C#C.C=O.Cc1ccc(-n2nc(C(F)(F)F)cc2-c2ccc(F)cc2)cc1. The van der Waals surface area contributed by atoms with E-state index in [0.29, 0.717) is 11.3 Å². The molecule has 3 aromatic rings. The Balaban J connectivity index is 0.000000855. The number of alkyl halides is 3. The highest BCUT2D eigenvalue weighted by molar-refractivity contribution is 5.63. The van der Waals surface area contributed by atoms with E-state index in [2.05, 4.69) is 17.9 Å². The molecule has 0 amide bonds. The van der Waals surface area contributed by atoms with E-state index in [1.165, 1.54) is 28.9 Å². The molecule has 2 aromatic carbocycles. The molecular weight excluding hydrogens is 360 g/mol. The molecule has 7 heteroatoms. The van der Waals surface area contributed by atoms with E-state index in [-0.39, 0.29) is 5.69 Å². The van der Waals surface area contributed by atoms with Crippen molar-refractivity contribution in [2.75, 3.05) is 0 Å². The largest absolute Gasteiger partial charge is 0.435 e. The first kappa shape index (κ1) is 21.6. The predicted octanol–water partition coefficient (Wildman–Crippen LogP) is 5.07. The Labute approximate surface area is 154 Å². The van der Waals surface area contributed by atoms with Crippen molar-refractivity contribution in [3.05, 3.63) is 71.7 Å². The summed E-state index contributed by atoms with van der Waals surface area (Å²) in [6.07, 6.45) is 3.45. The summed E-state index contributed by atoms with van der Waals surface area (Å²) in [5.74, 6) is -0.453. The van der Waals surface area contributed by atoms with E-state index in [1.54, 1.807) is 24.3 Å². The number of benzene rings is 2. The molecule has 0 aliphatic rings. The summed E-state index contributed by atoms with van der Waals surface area (Å²) in [6.45, 7) is 3.88. The molecular formula is C20H16F4N2O. The summed E-state index contributed by atoms with van der Waals surface area (Å²) >= 11 is 0. The van der Waals surface area contributed by atoms with E-state index >= 15 is 0 Å². The van der Waals surface area contributed by atoms with Crippen LogP contribution in [0.15, 0.2) is 54.6 Å². The zero-order valence-electron chi connectivity index (χ0n) is 14.4. The molecule has 1 aromatic heterocycles. The quantitative estimate of drug-likeness (QED) is 0.462. The lowest BCUT2D eigenvalue weighted by Gasteiger charge is -2.08. The highest BCUT2D eigenvalue weighted by Gasteiger charge is 2.35. The number of rotatable bonds is 2. The normalized spacial score (nSPS) is 10.2. The van der Waals surface area contributed by atoms with Crippen LogP contribution in [0, 0.1) is 25.6 Å². The standard InChI is InChI=1S/C17H12F4N2.C2H2.CH2O/c1-11-2-8-14(9-3-11)23-15(10-16(22-23)17(19,20)21)12-4-6-13(18)7-5-12;2*1-2/h2-10H,1H3;1-2H;1H2. The van der Waals surface area contributed by atoms with Crippen molar-refractivity contribution >= 4 is 6.79 Å². The van der Waals surface area contributed by atoms with Crippen LogP contribution >= 0.6 is 0 Å². The fraction of sp³-hybridized carbons (Fsp3) is 0.100. The minimum absolute atomic E-state index is 0.251. The summed E-state index contributed by atoms with van der Waals surface area (Å²) in [6, 6.07) is 13.2. The number of carbonyl (C=O) groups is 1. The van der Waals surface area contributed by atoms with Gasteiger partial charge in [-0.25, -0.2) is 9.07 Å². The van der Waals surface area contributed by atoms with Crippen LogP contribution in [0.2, 0.25) is 0 Å². The summed E-state index contributed by atoms with van der Waals surface area (Å²) in [5, 5.41) is 3.68. The van der Waals surface area contributed by atoms with Crippen LogP contribution < -0.4 is 0 Å². The molecule has 0 fully saturated rings. The Morgan fingerprint density at radius 2 is 1.48 bits per heavy atom. The minimum atomic E-state index is -4.55. The second-order valence-corrected chi connectivity index (χ2v) is 5.17. The smallest absolute Gasteiger partial charge is 0.307 e. The summed E-state index contributed by atoms with van der Waals surface area (Å²) < 4.78 is 53.3. The number of hydrogen-bond acceptors (Lipinski definition) is 2. The molecule has 0 aliphatic carbocycles. The third-order valence-corrected chi connectivity index (χ3v) is 3.42. The number of aryl methyl sites for hydroxylation is 1. The van der Waals surface area contributed by atoms with Crippen LogP contribution in [0.3, 0.4) is 0 Å². The van der Waals surface area contributed by atoms with Gasteiger partial charge in [-0.1, -0.05) is 17.7 Å². The van der Waals surface area contributed by atoms with Crippen molar-refractivity contribution in [1.29, 1.82) is 0 Å². The van der Waals surface area contributed by atoms with Crippen LogP contribution in [0.5, 0.6) is 0 Å². The van der Waals surface area contributed by atoms with Crippen molar-refractivity contribution in [2.24, 2.45) is 0 Å². The first-order valence-electron chi connectivity index (χ1n) is 7.47. The third kappa shape index (κ3) is 5.28. The second-order valence-electron chi connectivity index (χ2n) is 5.17. The molecule has 0 bridgehead atoms. The highest BCUT2D eigenvalue weighted by Crippen LogP contribution is 2.33. The molecule has 1 heterocycles. The average molecular weight is 376 g/mol. The molecule has 0 N–H and O–H groups in total. The van der Waals surface area contributed by atoms with Gasteiger partial charge in [0.1, 0.15) is 12.6 Å². The minimum Gasteiger partial charge on any atom is -0.307 e.